The van der Waals surface area contributed by atoms with Gasteiger partial charge in [0.2, 0.25) is 0 Å². The average molecular weight is 283 g/mol. The number of H-pyrrole nitrogens is 1. The summed E-state index contributed by atoms with van der Waals surface area (Å²) in [5.41, 5.74) is 3.32. The monoisotopic (exact) mass is 282 g/mol. The molecular formula is C11H15BrN4. The molecule has 0 spiro atoms. The van der Waals surface area contributed by atoms with Gasteiger partial charge in [-0.05, 0) is 29.0 Å². The Kier molecular flexibility index (Phi) is 3.46. The summed E-state index contributed by atoms with van der Waals surface area (Å²) in [6.07, 6.45) is 4.82. The lowest BCUT2D eigenvalue weighted by Gasteiger charge is -2.01. The highest BCUT2D eigenvalue weighted by molar-refractivity contribution is 9.10. The van der Waals surface area contributed by atoms with E-state index >= 15 is 0 Å². The van der Waals surface area contributed by atoms with E-state index in [0.29, 0.717) is 0 Å². The van der Waals surface area contributed by atoms with Gasteiger partial charge in [-0.2, -0.15) is 5.10 Å². The molecule has 0 aliphatic carbocycles. The van der Waals surface area contributed by atoms with Crippen molar-refractivity contribution in [3.05, 3.63) is 28.6 Å². The second-order valence-corrected chi connectivity index (χ2v) is 4.48. The number of hydrogen-bond donors (Lipinski definition) is 2. The zero-order valence-electron chi connectivity index (χ0n) is 9.42. The largest absolute Gasteiger partial charge is 0.367 e. The first-order chi connectivity index (χ1) is 7.74. The van der Waals surface area contributed by atoms with E-state index in [4.69, 9.17) is 0 Å². The molecule has 0 aliphatic heterocycles. The van der Waals surface area contributed by atoms with Crippen LogP contribution in [0.3, 0.4) is 0 Å². The Morgan fingerprint density at radius 2 is 2.38 bits per heavy atom. The Morgan fingerprint density at radius 1 is 1.56 bits per heavy atom. The van der Waals surface area contributed by atoms with Crippen LogP contribution in [-0.4, -0.2) is 28.4 Å². The lowest BCUT2D eigenvalue weighted by molar-refractivity contribution is 0.681. The fourth-order valence-corrected chi connectivity index (χ4v) is 2.47. The van der Waals surface area contributed by atoms with Crippen LogP contribution in [0.1, 0.15) is 5.69 Å². The van der Waals surface area contributed by atoms with Gasteiger partial charge in [-0.15, -0.1) is 0 Å². The normalized spacial score (nSPS) is 10.9. The van der Waals surface area contributed by atoms with E-state index in [2.05, 4.69) is 31.3 Å². The van der Waals surface area contributed by atoms with E-state index in [0.717, 1.165) is 28.7 Å². The van der Waals surface area contributed by atoms with Crippen LogP contribution in [-0.2, 0) is 13.5 Å². The van der Waals surface area contributed by atoms with Crippen molar-refractivity contribution in [2.75, 3.05) is 13.6 Å². The highest BCUT2D eigenvalue weighted by Crippen LogP contribution is 2.29. The molecule has 2 aromatic rings. The van der Waals surface area contributed by atoms with Gasteiger partial charge in [0.05, 0.1) is 10.2 Å². The Balaban J connectivity index is 2.35. The van der Waals surface area contributed by atoms with Crippen LogP contribution < -0.4 is 5.32 Å². The van der Waals surface area contributed by atoms with Crippen molar-refractivity contribution in [1.82, 2.24) is 20.1 Å². The molecule has 4 nitrogen and oxygen atoms in total. The van der Waals surface area contributed by atoms with Gasteiger partial charge < -0.3 is 10.3 Å². The van der Waals surface area contributed by atoms with Crippen LogP contribution in [0, 0.1) is 0 Å². The molecule has 0 saturated carbocycles. The molecule has 0 atom stereocenters. The first-order valence-corrected chi connectivity index (χ1v) is 6.02. The van der Waals surface area contributed by atoms with Crippen LogP contribution in [0.25, 0.3) is 11.3 Å². The standard InChI is InChI=1S/C11H15BrN4/c1-13-5-4-9-10(12)11(15-16(9)2)8-3-6-14-7-8/h3,6-7,13-14H,4-5H2,1-2H3. The van der Waals surface area contributed by atoms with Crippen molar-refractivity contribution in [2.24, 2.45) is 7.05 Å². The molecule has 86 valence electrons. The van der Waals surface area contributed by atoms with Gasteiger partial charge in [-0.3, -0.25) is 4.68 Å². The summed E-state index contributed by atoms with van der Waals surface area (Å²) in [6.45, 7) is 0.949. The van der Waals surface area contributed by atoms with E-state index in [1.54, 1.807) is 0 Å². The molecule has 16 heavy (non-hydrogen) atoms. The van der Waals surface area contributed by atoms with Crippen molar-refractivity contribution >= 4 is 15.9 Å². The minimum absolute atomic E-state index is 0.949. The summed E-state index contributed by atoms with van der Waals surface area (Å²) in [5.74, 6) is 0. The predicted molar refractivity (Wildman–Crippen MR) is 68.3 cm³/mol. The molecule has 0 bridgehead atoms. The van der Waals surface area contributed by atoms with Crippen molar-refractivity contribution in [2.45, 2.75) is 6.42 Å². The van der Waals surface area contributed by atoms with Gasteiger partial charge in [-0.1, -0.05) is 0 Å². The number of halogens is 1. The van der Waals surface area contributed by atoms with Crippen molar-refractivity contribution in [1.29, 1.82) is 0 Å². The summed E-state index contributed by atoms with van der Waals surface area (Å²) < 4.78 is 3.02. The van der Waals surface area contributed by atoms with Gasteiger partial charge in [0.15, 0.2) is 0 Å². The highest BCUT2D eigenvalue weighted by atomic mass is 79.9. The zero-order chi connectivity index (χ0) is 11.5. The van der Waals surface area contributed by atoms with Gasteiger partial charge in [0.25, 0.3) is 0 Å². The van der Waals surface area contributed by atoms with E-state index < -0.39 is 0 Å². The van der Waals surface area contributed by atoms with Crippen molar-refractivity contribution in [3.8, 4) is 11.3 Å². The second-order valence-electron chi connectivity index (χ2n) is 3.69. The van der Waals surface area contributed by atoms with Crippen molar-refractivity contribution < 1.29 is 0 Å². The zero-order valence-corrected chi connectivity index (χ0v) is 11.0. The van der Waals surface area contributed by atoms with Crippen LogP contribution >= 0.6 is 15.9 Å². The molecule has 0 aliphatic rings. The predicted octanol–water partition coefficient (Wildman–Crippen LogP) is 1.94. The second kappa shape index (κ2) is 4.84. The summed E-state index contributed by atoms with van der Waals surface area (Å²) in [6, 6.07) is 2.02. The molecule has 5 heteroatoms. The number of hydrogen-bond acceptors (Lipinski definition) is 2. The average Bonchev–Trinajstić information content (AvgIpc) is 2.86. The third-order valence-corrected chi connectivity index (χ3v) is 3.42. The molecule has 0 aromatic carbocycles. The number of nitrogens with zero attached hydrogens (tertiary/aromatic N) is 2. The molecule has 2 N–H and O–H groups in total. The van der Waals surface area contributed by atoms with E-state index in [1.807, 2.05) is 37.2 Å². The highest BCUT2D eigenvalue weighted by Gasteiger charge is 2.14. The third kappa shape index (κ3) is 2.05. The molecule has 2 heterocycles. The Morgan fingerprint density at radius 3 is 3.00 bits per heavy atom. The maximum Gasteiger partial charge on any atom is 0.108 e. The fourth-order valence-electron chi connectivity index (χ4n) is 1.70. The Bertz CT molecular complexity index is 459. The third-order valence-electron chi connectivity index (χ3n) is 2.59. The first kappa shape index (κ1) is 11.4. The van der Waals surface area contributed by atoms with Crippen LogP contribution in [0.5, 0.6) is 0 Å². The molecular weight excluding hydrogens is 268 g/mol. The van der Waals surface area contributed by atoms with Gasteiger partial charge >= 0.3 is 0 Å². The Labute approximate surface area is 103 Å². The molecule has 0 fully saturated rings. The lowest BCUT2D eigenvalue weighted by Crippen LogP contribution is -2.12. The Hall–Kier alpha value is -1.07. The van der Waals surface area contributed by atoms with Crippen LogP contribution in [0.4, 0.5) is 0 Å². The maximum absolute atomic E-state index is 4.53. The SMILES string of the molecule is CNCCc1c(Br)c(-c2cc[nH]c2)nn1C. The van der Waals surface area contributed by atoms with Crippen LogP contribution in [0.2, 0.25) is 0 Å². The van der Waals surface area contributed by atoms with Gasteiger partial charge in [-0.25, -0.2) is 0 Å². The first-order valence-electron chi connectivity index (χ1n) is 5.23. The number of aryl methyl sites for hydroxylation is 1. The quantitative estimate of drug-likeness (QED) is 0.900. The van der Waals surface area contributed by atoms with Gasteiger partial charge in [0.1, 0.15) is 5.69 Å². The minimum Gasteiger partial charge on any atom is -0.367 e. The molecule has 0 radical (unpaired) electrons. The topological polar surface area (TPSA) is 45.6 Å². The van der Waals surface area contributed by atoms with E-state index in [-0.39, 0.29) is 0 Å². The summed E-state index contributed by atoms with van der Waals surface area (Å²) in [5, 5.41) is 7.67. The molecule has 0 saturated heterocycles. The van der Waals surface area contributed by atoms with E-state index in [1.165, 1.54) is 5.69 Å². The lowest BCUT2D eigenvalue weighted by atomic mass is 10.2. The van der Waals surface area contributed by atoms with Crippen LogP contribution in [0.15, 0.2) is 22.9 Å². The number of nitrogens with one attached hydrogen (secondary N) is 2. The number of aromatic nitrogens is 3. The molecule has 2 aromatic heterocycles. The minimum atomic E-state index is 0.949. The maximum atomic E-state index is 4.53. The number of aromatic amines is 1. The summed E-state index contributed by atoms with van der Waals surface area (Å²) in [7, 11) is 3.93. The van der Waals surface area contributed by atoms with Gasteiger partial charge in [0, 0.05) is 38.0 Å². The smallest absolute Gasteiger partial charge is 0.108 e. The van der Waals surface area contributed by atoms with Crippen molar-refractivity contribution in [3.63, 3.8) is 0 Å². The number of likely N-dealkylation sites (N-methyl/N-ethyl adjacent to an activating group) is 1. The fraction of sp³-hybridized carbons (Fsp3) is 0.364. The number of rotatable bonds is 4. The molecule has 0 unspecified atom stereocenters. The van der Waals surface area contributed by atoms with E-state index in [9.17, 15) is 0 Å². The summed E-state index contributed by atoms with van der Waals surface area (Å²) in [4.78, 5) is 3.04. The molecule has 0 amide bonds. The molecule has 2 rings (SSSR count). The summed E-state index contributed by atoms with van der Waals surface area (Å²) >= 11 is 3.63.